The van der Waals surface area contributed by atoms with E-state index in [0.29, 0.717) is 43.4 Å². The highest BCUT2D eigenvalue weighted by molar-refractivity contribution is 7.07. The third kappa shape index (κ3) is 7.90. The van der Waals surface area contributed by atoms with Gasteiger partial charge >= 0.3 is 0 Å². The highest BCUT2D eigenvalue weighted by Crippen LogP contribution is 2.38. The molecular weight excluding hydrogens is 648 g/mol. The monoisotopic (exact) mass is 692 g/mol. The normalized spacial score (nSPS) is 21.8. The quantitative estimate of drug-likeness (QED) is 0.261. The number of carbonyl (C=O) groups is 4. The first-order chi connectivity index (χ1) is 23.6. The summed E-state index contributed by atoms with van der Waals surface area (Å²) < 4.78 is 21.2. The predicted octanol–water partition coefficient (Wildman–Crippen LogP) is 3.50. The molecule has 12 nitrogen and oxygen atoms in total. The molecule has 2 aliphatic carbocycles. The zero-order valence-corrected chi connectivity index (χ0v) is 29.1. The van der Waals surface area contributed by atoms with E-state index in [9.17, 15) is 19.2 Å². The molecule has 3 aliphatic rings. The number of aromatic nitrogens is 4. The fourth-order valence-electron chi connectivity index (χ4n) is 7.26. The summed E-state index contributed by atoms with van der Waals surface area (Å²) >= 11 is 0.934. The van der Waals surface area contributed by atoms with E-state index < -0.39 is 29.7 Å². The van der Waals surface area contributed by atoms with Crippen molar-refractivity contribution >= 4 is 35.0 Å². The van der Waals surface area contributed by atoms with Gasteiger partial charge in [0.15, 0.2) is 5.78 Å². The van der Waals surface area contributed by atoms with Crippen molar-refractivity contribution in [2.45, 2.75) is 95.8 Å². The van der Waals surface area contributed by atoms with E-state index in [4.69, 9.17) is 0 Å². The molecule has 3 N–H and O–H groups in total. The topological polar surface area (TPSA) is 151 Å². The molecule has 0 radical (unpaired) electrons. The minimum absolute atomic E-state index is 0.0445. The minimum Gasteiger partial charge on any atom is -0.341 e. The molecule has 3 amide bonds. The van der Waals surface area contributed by atoms with Gasteiger partial charge in [-0.25, -0.2) is 4.39 Å². The van der Waals surface area contributed by atoms with Crippen molar-refractivity contribution in [2.75, 3.05) is 19.6 Å². The molecule has 3 atom stereocenters. The van der Waals surface area contributed by atoms with Crippen molar-refractivity contribution in [3.63, 3.8) is 0 Å². The lowest BCUT2D eigenvalue weighted by Crippen LogP contribution is -2.59. The number of hydrogen-bond donors (Lipinski definition) is 3. The van der Waals surface area contributed by atoms with Crippen LogP contribution in [0.4, 0.5) is 4.39 Å². The maximum absolute atomic E-state index is 15.9. The SMILES string of the molecule is CCn1nccc1C(=O)N[C@H](C(=O)Cc1ccc([C@H](C)[C@@H](NC(=O)c2cnns2)C(=O)N2CCNC3(CC3)C2)cc1F)C1CCC(C)CC1. The van der Waals surface area contributed by atoms with Crippen LogP contribution in [0.5, 0.6) is 0 Å². The van der Waals surface area contributed by atoms with E-state index in [0.717, 1.165) is 50.1 Å². The highest BCUT2D eigenvalue weighted by atomic mass is 32.1. The van der Waals surface area contributed by atoms with Crippen LogP contribution < -0.4 is 16.0 Å². The number of nitrogens with zero attached hydrogens (tertiary/aromatic N) is 5. The van der Waals surface area contributed by atoms with Crippen LogP contribution in [0.1, 0.15) is 96.5 Å². The molecule has 0 unspecified atom stereocenters. The fourth-order valence-corrected chi connectivity index (χ4v) is 7.68. The lowest BCUT2D eigenvalue weighted by molar-refractivity contribution is -0.135. The van der Waals surface area contributed by atoms with E-state index in [2.05, 4.69) is 37.6 Å². The molecule has 1 spiro atoms. The molecule has 0 bridgehead atoms. The third-order valence-electron chi connectivity index (χ3n) is 10.6. The molecule has 1 aromatic carbocycles. The summed E-state index contributed by atoms with van der Waals surface area (Å²) in [6.45, 7) is 8.12. The van der Waals surface area contributed by atoms with E-state index in [1.54, 1.807) is 40.9 Å². The molecule has 262 valence electrons. The molecule has 3 aromatic rings. The summed E-state index contributed by atoms with van der Waals surface area (Å²) in [5.74, 6) is -1.96. The number of Topliss-reactive ketones (excluding diaryl/α,β-unsaturated/α-hetero) is 1. The number of benzene rings is 1. The molecule has 14 heteroatoms. The van der Waals surface area contributed by atoms with Crippen molar-refractivity contribution < 1.29 is 23.6 Å². The van der Waals surface area contributed by atoms with Gasteiger partial charge in [-0.05, 0) is 79.2 Å². The van der Waals surface area contributed by atoms with Gasteiger partial charge in [0, 0.05) is 50.3 Å². The van der Waals surface area contributed by atoms with E-state index >= 15 is 4.39 Å². The minimum atomic E-state index is -0.958. The van der Waals surface area contributed by atoms with Crippen LogP contribution in [-0.2, 0) is 22.6 Å². The van der Waals surface area contributed by atoms with Gasteiger partial charge in [0.2, 0.25) is 5.91 Å². The Bertz CT molecular complexity index is 1670. The van der Waals surface area contributed by atoms with Crippen LogP contribution in [-0.4, -0.2) is 85.0 Å². The molecule has 2 aromatic heterocycles. The zero-order chi connectivity index (χ0) is 34.7. The van der Waals surface area contributed by atoms with E-state index in [-0.39, 0.29) is 45.9 Å². The number of ketones is 1. The van der Waals surface area contributed by atoms with Gasteiger partial charge in [0.05, 0.1) is 12.2 Å². The van der Waals surface area contributed by atoms with Gasteiger partial charge in [-0.3, -0.25) is 23.9 Å². The molecule has 3 heterocycles. The summed E-state index contributed by atoms with van der Waals surface area (Å²) in [6, 6.07) is 4.55. The van der Waals surface area contributed by atoms with Gasteiger partial charge in [0.25, 0.3) is 11.8 Å². The van der Waals surface area contributed by atoms with Gasteiger partial charge < -0.3 is 20.9 Å². The maximum Gasteiger partial charge on any atom is 0.270 e. The first-order valence-corrected chi connectivity index (χ1v) is 18.1. The lowest BCUT2D eigenvalue weighted by Gasteiger charge is -2.37. The Morgan fingerprint density at radius 2 is 1.88 bits per heavy atom. The second-order valence-electron chi connectivity index (χ2n) is 14.0. The molecule has 49 heavy (non-hydrogen) atoms. The van der Waals surface area contributed by atoms with Gasteiger partial charge in [0.1, 0.15) is 22.4 Å². The summed E-state index contributed by atoms with van der Waals surface area (Å²) in [4.78, 5) is 56.3. The van der Waals surface area contributed by atoms with Gasteiger partial charge in [-0.1, -0.05) is 43.3 Å². The average Bonchev–Trinajstić information content (AvgIpc) is 3.47. The number of rotatable bonds is 12. The van der Waals surface area contributed by atoms with Gasteiger partial charge in [-0.15, -0.1) is 5.10 Å². The number of carbonyl (C=O) groups excluding carboxylic acids is 4. The summed E-state index contributed by atoms with van der Waals surface area (Å²) in [5.41, 5.74) is 1.05. The second kappa shape index (κ2) is 14.8. The van der Waals surface area contributed by atoms with Crippen LogP contribution in [0.2, 0.25) is 0 Å². The van der Waals surface area contributed by atoms with Crippen molar-refractivity contribution in [2.24, 2.45) is 11.8 Å². The molecular formula is C35H45FN8O4S. The number of piperazine rings is 1. The number of amides is 3. The third-order valence-corrected chi connectivity index (χ3v) is 11.2. The van der Waals surface area contributed by atoms with E-state index in [1.165, 1.54) is 12.3 Å². The van der Waals surface area contributed by atoms with E-state index in [1.807, 2.05) is 6.92 Å². The Morgan fingerprint density at radius 1 is 1.10 bits per heavy atom. The largest absolute Gasteiger partial charge is 0.341 e. The fraction of sp³-hybridized carbons (Fsp3) is 0.571. The molecule has 3 fully saturated rings. The summed E-state index contributed by atoms with van der Waals surface area (Å²) in [5, 5.41) is 17.3. The second-order valence-corrected chi connectivity index (χ2v) is 14.8. The number of halogens is 1. The average molecular weight is 693 g/mol. The maximum atomic E-state index is 15.9. The summed E-state index contributed by atoms with van der Waals surface area (Å²) in [6.07, 6.45) is 8.24. The number of aryl methyl sites for hydroxylation is 1. The Morgan fingerprint density at radius 3 is 2.55 bits per heavy atom. The first-order valence-electron chi connectivity index (χ1n) is 17.3. The van der Waals surface area contributed by atoms with Crippen LogP contribution in [0.15, 0.2) is 36.7 Å². The van der Waals surface area contributed by atoms with Crippen LogP contribution in [0.3, 0.4) is 0 Å². The smallest absolute Gasteiger partial charge is 0.270 e. The van der Waals surface area contributed by atoms with Gasteiger partial charge in [-0.2, -0.15) is 5.10 Å². The molecule has 2 saturated carbocycles. The Labute approximate surface area is 289 Å². The van der Waals surface area contributed by atoms with Crippen molar-refractivity contribution in [1.82, 2.24) is 40.2 Å². The molecule has 6 rings (SSSR count). The summed E-state index contributed by atoms with van der Waals surface area (Å²) in [7, 11) is 0. The van der Waals surface area contributed by atoms with Crippen molar-refractivity contribution in [3.05, 3.63) is 64.2 Å². The van der Waals surface area contributed by atoms with Crippen LogP contribution in [0.25, 0.3) is 0 Å². The van der Waals surface area contributed by atoms with Crippen molar-refractivity contribution in [1.29, 1.82) is 0 Å². The highest BCUT2D eigenvalue weighted by Gasteiger charge is 2.47. The molecule has 1 saturated heterocycles. The van der Waals surface area contributed by atoms with Crippen molar-refractivity contribution in [3.8, 4) is 0 Å². The Balaban J connectivity index is 1.20. The Hall–Kier alpha value is -4.04. The number of nitrogens with one attached hydrogen (secondary N) is 3. The first kappa shape index (κ1) is 34.8. The predicted molar refractivity (Wildman–Crippen MR) is 182 cm³/mol. The standard InChI is InChI=1S/C35H45FN8O4S/c1-4-44-27(11-14-39-44)32(46)41-31(23-7-5-21(2)6-8-23)28(45)18-25-10-9-24(17-26(25)36)22(3)30(40-33(47)29-19-38-42-49-29)34(48)43-16-15-37-35(20-43)12-13-35/h9-11,14,17,19,21-23,30-31,37H,4-8,12-13,15-16,18,20H2,1-3H3,(H,40,47)(H,41,46)/t21?,22-,23?,30+,31-/m0/s1. The lowest BCUT2D eigenvalue weighted by atomic mass is 9.77. The molecule has 1 aliphatic heterocycles. The Kier molecular flexibility index (Phi) is 10.5. The number of hydrogen-bond acceptors (Lipinski definition) is 9. The zero-order valence-electron chi connectivity index (χ0n) is 28.3. The van der Waals surface area contributed by atoms with Crippen LogP contribution in [0, 0.1) is 17.7 Å². The van der Waals surface area contributed by atoms with Crippen LogP contribution >= 0.6 is 11.5 Å².